The first kappa shape index (κ1) is 17.9. The molecule has 0 aromatic heterocycles. The van der Waals surface area contributed by atoms with E-state index in [1.54, 1.807) is 12.1 Å². The van der Waals surface area contributed by atoms with Crippen LogP contribution in [0.4, 0.5) is 9.18 Å². The van der Waals surface area contributed by atoms with Crippen molar-refractivity contribution in [3.63, 3.8) is 0 Å². The Morgan fingerprint density at radius 3 is 2.50 bits per heavy atom. The number of benzene rings is 1. The zero-order valence-electron chi connectivity index (χ0n) is 12.6. The van der Waals surface area contributed by atoms with E-state index in [1.165, 1.54) is 12.1 Å². The number of halogens is 1. The summed E-state index contributed by atoms with van der Waals surface area (Å²) in [6.07, 6.45) is 1.23. The maximum absolute atomic E-state index is 12.8. The fourth-order valence-electron chi connectivity index (χ4n) is 1.85. The highest BCUT2D eigenvalue weighted by atomic mass is 19.1. The van der Waals surface area contributed by atoms with E-state index in [-0.39, 0.29) is 31.4 Å². The molecule has 6 nitrogen and oxygen atoms in total. The fraction of sp³-hybridized carbons (Fsp3) is 0.467. The Bertz CT molecular complexity index is 479. The second kappa shape index (κ2) is 9.73. The summed E-state index contributed by atoms with van der Waals surface area (Å²) in [6.45, 7) is 2.15. The van der Waals surface area contributed by atoms with E-state index in [9.17, 15) is 14.0 Å². The average molecular weight is 311 g/mol. The van der Waals surface area contributed by atoms with Crippen molar-refractivity contribution < 1.29 is 19.1 Å². The van der Waals surface area contributed by atoms with Crippen LogP contribution in [0.1, 0.15) is 25.3 Å². The molecule has 0 aliphatic carbocycles. The van der Waals surface area contributed by atoms with Crippen LogP contribution in [0.5, 0.6) is 0 Å². The van der Waals surface area contributed by atoms with Crippen LogP contribution in [-0.2, 0) is 11.3 Å². The Hall–Kier alpha value is -2.15. The molecule has 0 aliphatic heterocycles. The van der Waals surface area contributed by atoms with Crippen molar-refractivity contribution >= 4 is 11.9 Å². The predicted molar refractivity (Wildman–Crippen MR) is 80.6 cm³/mol. The van der Waals surface area contributed by atoms with Gasteiger partial charge < -0.3 is 21.1 Å². The first-order valence-electron chi connectivity index (χ1n) is 7.24. The summed E-state index contributed by atoms with van der Waals surface area (Å²) in [5, 5.41) is 16.4. The molecular formula is C15H22FN3O3. The molecule has 0 bridgehead atoms. The van der Waals surface area contributed by atoms with E-state index < -0.39 is 12.1 Å². The van der Waals surface area contributed by atoms with Crippen molar-refractivity contribution in [1.82, 2.24) is 16.0 Å². The van der Waals surface area contributed by atoms with Gasteiger partial charge in [0.15, 0.2) is 0 Å². The van der Waals surface area contributed by atoms with Crippen LogP contribution in [0.25, 0.3) is 0 Å². The van der Waals surface area contributed by atoms with Crippen LogP contribution in [0.15, 0.2) is 24.3 Å². The molecule has 7 heteroatoms. The largest absolute Gasteiger partial charge is 0.395 e. The number of rotatable bonds is 8. The third-order valence-electron chi connectivity index (χ3n) is 2.98. The average Bonchev–Trinajstić information content (AvgIpc) is 2.51. The van der Waals surface area contributed by atoms with E-state index in [2.05, 4.69) is 16.0 Å². The topological polar surface area (TPSA) is 90.5 Å². The monoisotopic (exact) mass is 311 g/mol. The Kier molecular flexibility index (Phi) is 7.91. The summed E-state index contributed by atoms with van der Waals surface area (Å²) in [4.78, 5) is 23.7. The molecule has 4 N–H and O–H groups in total. The summed E-state index contributed by atoms with van der Waals surface area (Å²) in [5.41, 5.74) is 0.758. The Labute approximate surface area is 129 Å². The number of hydrogen-bond acceptors (Lipinski definition) is 3. The number of urea groups is 1. The van der Waals surface area contributed by atoms with E-state index >= 15 is 0 Å². The number of amides is 3. The molecule has 0 spiro atoms. The molecule has 1 aromatic carbocycles. The van der Waals surface area contributed by atoms with Crippen LogP contribution in [0.2, 0.25) is 0 Å². The lowest BCUT2D eigenvalue weighted by Gasteiger charge is -2.18. The standard InChI is InChI=1S/C15H22FN3O3/c1-2-3-13(14(21)17-8-9-20)19-15(22)18-10-11-4-6-12(16)7-5-11/h4-7,13,20H,2-3,8-10H2,1H3,(H,17,21)(H2,18,19,22). The molecule has 0 fully saturated rings. The number of hydrogen-bond donors (Lipinski definition) is 4. The summed E-state index contributed by atoms with van der Waals surface area (Å²) in [7, 11) is 0. The minimum absolute atomic E-state index is 0.151. The van der Waals surface area contributed by atoms with Gasteiger partial charge in [0.05, 0.1) is 6.61 Å². The molecule has 22 heavy (non-hydrogen) atoms. The minimum atomic E-state index is -0.648. The molecule has 0 radical (unpaired) electrons. The van der Waals surface area contributed by atoms with Crippen LogP contribution >= 0.6 is 0 Å². The van der Waals surface area contributed by atoms with E-state index in [0.717, 1.165) is 12.0 Å². The summed E-state index contributed by atoms with van der Waals surface area (Å²) >= 11 is 0. The first-order valence-corrected chi connectivity index (χ1v) is 7.24. The highest BCUT2D eigenvalue weighted by Gasteiger charge is 2.19. The highest BCUT2D eigenvalue weighted by molar-refractivity contribution is 5.86. The lowest BCUT2D eigenvalue weighted by molar-refractivity contribution is -0.123. The molecule has 1 rings (SSSR count). The van der Waals surface area contributed by atoms with Crippen molar-refractivity contribution in [2.45, 2.75) is 32.4 Å². The molecule has 3 amide bonds. The smallest absolute Gasteiger partial charge is 0.315 e. The predicted octanol–water partition coefficient (Wildman–Crippen LogP) is 0.902. The Balaban J connectivity index is 2.45. The molecule has 0 aliphatic rings. The summed E-state index contributed by atoms with van der Waals surface area (Å²) in [5.74, 6) is -0.662. The molecule has 0 saturated carbocycles. The lowest BCUT2D eigenvalue weighted by atomic mass is 10.1. The van der Waals surface area contributed by atoms with Gasteiger partial charge in [-0.25, -0.2) is 9.18 Å². The molecule has 122 valence electrons. The molecular weight excluding hydrogens is 289 g/mol. The zero-order valence-corrected chi connectivity index (χ0v) is 12.6. The van der Waals surface area contributed by atoms with Crippen LogP contribution in [0, 0.1) is 5.82 Å². The van der Waals surface area contributed by atoms with Gasteiger partial charge in [-0.1, -0.05) is 25.5 Å². The number of carbonyl (C=O) groups is 2. The van der Waals surface area contributed by atoms with E-state index in [4.69, 9.17) is 5.11 Å². The van der Waals surface area contributed by atoms with Gasteiger partial charge in [0.1, 0.15) is 11.9 Å². The number of nitrogens with one attached hydrogen (secondary N) is 3. The normalized spacial score (nSPS) is 11.6. The highest BCUT2D eigenvalue weighted by Crippen LogP contribution is 2.02. The van der Waals surface area contributed by atoms with Crippen molar-refractivity contribution in [2.24, 2.45) is 0 Å². The van der Waals surface area contributed by atoms with Gasteiger partial charge in [-0.3, -0.25) is 4.79 Å². The third kappa shape index (κ3) is 6.53. The molecule has 0 heterocycles. The van der Waals surface area contributed by atoms with Crippen molar-refractivity contribution in [3.8, 4) is 0 Å². The third-order valence-corrected chi connectivity index (χ3v) is 2.98. The molecule has 1 aromatic rings. The van der Waals surface area contributed by atoms with Gasteiger partial charge in [0, 0.05) is 13.1 Å². The van der Waals surface area contributed by atoms with Gasteiger partial charge in [0.25, 0.3) is 0 Å². The second-order valence-corrected chi connectivity index (χ2v) is 4.81. The van der Waals surface area contributed by atoms with E-state index in [1.807, 2.05) is 6.92 Å². The quantitative estimate of drug-likeness (QED) is 0.575. The maximum Gasteiger partial charge on any atom is 0.315 e. The van der Waals surface area contributed by atoms with Gasteiger partial charge in [0.2, 0.25) is 5.91 Å². The molecule has 1 unspecified atom stereocenters. The number of carbonyl (C=O) groups excluding carboxylic acids is 2. The second-order valence-electron chi connectivity index (χ2n) is 4.81. The van der Waals surface area contributed by atoms with Crippen LogP contribution in [-0.4, -0.2) is 36.2 Å². The lowest BCUT2D eigenvalue weighted by Crippen LogP contribution is -2.50. The van der Waals surface area contributed by atoms with E-state index in [0.29, 0.717) is 6.42 Å². The summed E-state index contributed by atoms with van der Waals surface area (Å²) < 4.78 is 12.8. The zero-order chi connectivity index (χ0) is 16.4. The number of aliphatic hydroxyl groups is 1. The Morgan fingerprint density at radius 2 is 1.91 bits per heavy atom. The number of aliphatic hydroxyl groups excluding tert-OH is 1. The van der Waals surface area contributed by atoms with Crippen LogP contribution in [0.3, 0.4) is 0 Å². The van der Waals surface area contributed by atoms with Crippen LogP contribution < -0.4 is 16.0 Å². The van der Waals surface area contributed by atoms with Gasteiger partial charge in [-0.2, -0.15) is 0 Å². The molecule has 0 saturated heterocycles. The summed E-state index contributed by atoms with van der Waals surface area (Å²) in [6, 6.07) is 4.67. The van der Waals surface area contributed by atoms with Crippen molar-refractivity contribution in [3.05, 3.63) is 35.6 Å². The maximum atomic E-state index is 12.8. The first-order chi connectivity index (χ1) is 10.6. The SMILES string of the molecule is CCCC(NC(=O)NCc1ccc(F)cc1)C(=O)NCCO. The van der Waals surface area contributed by atoms with Gasteiger partial charge in [-0.05, 0) is 24.1 Å². The fourth-order valence-corrected chi connectivity index (χ4v) is 1.85. The van der Waals surface area contributed by atoms with Crippen molar-refractivity contribution in [2.75, 3.05) is 13.2 Å². The van der Waals surface area contributed by atoms with Gasteiger partial charge in [-0.15, -0.1) is 0 Å². The minimum Gasteiger partial charge on any atom is -0.395 e. The van der Waals surface area contributed by atoms with Crippen molar-refractivity contribution in [1.29, 1.82) is 0 Å². The Morgan fingerprint density at radius 1 is 1.23 bits per heavy atom. The molecule has 1 atom stereocenters. The van der Waals surface area contributed by atoms with Gasteiger partial charge >= 0.3 is 6.03 Å².